The van der Waals surface area contributed by atoms with Crippen LogP contribution in [0.3, 0.4) is 0 Å². The van der Waals surface area contributed by atoms with Crippen LogP contribution in [0.4, 0.5) is 0 Å². The lowest BCUT2D eigenvalue weighted by Gasteiger charge is -2.38. The molecule has 0 saturated carbocycles. The van der Waals surface area contributed by atoms with Crippen molar-refractivity contribution in [2.24, 2.45) is 11.8 Å². The van der Waals surface area contributed by atoms with Crippen molar-refractivity contribution in [3.05, 3.63) is 52.0 Å². The second-order valence-electron chi connectivity index (χ2n) is 10.1. The normalized spacial score (nSPS) is 23.9. The number of aliphatic hydroxyl groups excluding tert-OH is 1. The Morgan fingerprint density at radius 2 is 1.63 bits per heavy atom. The van der Waals surface area contributed by atoms with Crippen molar-refractivity contribution in [2.75, 3.05) is 20.2 Å². The predicted molar refractivity (Wildman–Crippen MR) is 150 cm³/mol. The predicted octanol–water partition coefficient (Wildman–Crippen LogP) is 1.74. The van der Waals surface area contributed by atoms with Crippen molar-refractivity contribution in [3.63, 3.8) is 0 Å². The molecule has 1 saturated heterocycles. The number of methoxy groups -OCH3 is 1. The first-order chi connectivity index (χ1) is 18.2. The highest BCUT2D eigenvalue weighted by Gasteiger charge is 2.41. The highest BCUT2D eigenvalue weighted by Crippen LogP contribution is 2.42. The molecule has 4 rings (SSSR count). The number of ether oxygens (including phenoxy) is 1. The number of thiocarbonyl (C=S) groups is 2. The van der Waals surface area contributed by atoms with Gasteiger partial charge in [-0.15, -0.1) is 5.76 Å². The van der Waals surface area contributed by atoms with E-state index >= 15 is 0 Å². The van der Waals surface area contributed by atoms with E-state index in [1.54, 1.807) is 19.2 Å². The van der Waals surface area contributed by atoms with Crippen molar-refractivity contribution in [2.45, 2.75) is 58.4 Å². The van der Waals surface area contributed by atoms with Crippen LogP contribution in [0.15, 0.2) is 40.9 Å². The van der Waals surface area contributed by atoms with E-state index in [0.717, 1.165) is 31.5 Å². The average molecular weight is 558 g/mol. The van der Waals surface area contributed by atoms with Gasteiger partial charge in [0.2, 0.25) is 0 Å². The van der Waals surface area contributed by atoms with Crippen LogP contribution in [0.25, 0.3) is 0 Å². The standard InChI is InChI=1S/C28H35N3O5S2/c1-4-17-23(32)21(25(34)29-27(17)37)20(22-24(33)18(5-2)28(38)30-26(22)35)15-9-10-19(36-3)16(13-15)14-31-11-7-6-8-12-31/h9-10,13,17-18,20,32-33H,4-8,11-12,14H2,1-3H3,(H,29,34,37)(H,30,35,38). The van der Waals surface area contributed by atoms with Crippen molar-refractivity contribution in [3.8, 4) is 5.75 Å². The molecular weight excluding hydrogens is 522 g/mol. The van der Waals surface area contributed by atoms with Gasteiger partial charge in [-0.05, 0) is 49.8 Å². The van der Waals surface area contributed by atoms with Gasteiger partial charge in [-0.3, -0.25) is 9.59 Å². The van der Waals surface area contributed by atoms with Crippen LogP contribution < -0.4 is 25.4 Å². The molecule has 1 aromatic carbocycles. The summed E-state index contributed by atoms with van der Waals surface area (Å²) in [5.74, 6) is -3.59. The van der Waals surface area contributed by atoms with Crippen LogP contribution in [0.1, 0.15) is 63.0 Å². The maximum atomic E-state index is 13.7. The van der Waals surface area contributed by atoms with Crippen molar-refractivity contribution < 1.29 is 29.4 Å². The Labute approximate surface area is 234 Å². The van der Waals surface area contributed by atoms with Gasteiger partial charge in [-0.25, -0.2) is 0 Å². The Morgan fingerprint density at radius 3 is 2.24 bits per heavy atom. The second kappa shape index (κ2) is 11.9. The minimum absolute atomic E-state index is 0.0342. The molecule has 4 N–H and O–H groups in total. The zero-order valence-corrected chi connectivity index (χ0v) is 23.7. The van der Waals surface area contributed by atoms with Gasteiger partial charge in [0.25, 0.3) is 11.8 Å². The molecule has 1 fully saturated rings. The summed E-state index contributed by atoms with van der Waals surface area (Å²) in [5, 5.41) is 30.4. The first kappa shape index (κ1) is 28.2. The molecule has 10 heteroatoms. The van der Waals surface area contributed by atoms with Crippen LogP contribution in [0.5, 0.6) is 5.75 Å². The van der Waals surface area contributed by atoms with Gasteiger partial charge >= 0.3 is 0 Å². The van der Waals surface area contributed by atoms with Gasteiger partial charge in [0.15, 0.2) is 0 Å². The Kier molecular flexibility index (Phi) is 8.85. The number of quaternary nitrogens is 1. The number of aliphatic hydroxyl groups is 1. The second-order valence-corrected chi connectivity index (χ2v) is 11.0. The summed E-state index contributed by atoms with van der Waals surface area (Å²) in [6, 6.07) is 5.45. The van der Waals surface area contributed by atoms with Gasteiger partial charge in [0.1, 0.15) is 18.1 Å². The third-order valence-corrected chi connectivity index (χ3v) is 8.59. The monoisotopic (exact) mass is 557 g/mol. The zero-order chi connectivity index (χ0) is 27.6. The molecule has 3 unspecified atom stereocenters. The molecule has 3 aliphatic heterocycles. The van der Waals surface area contributed by atoms with E-state index in [4.69, 9.17) is 29.2 Å². The van der Waals surface area contributed by atoms with Crippen molar-refractivity contribution >= 4 is 46.2 Å². The number of nitrogens with one attached hydrogen (secondary N) is 3. The smallest absolute Gasteiger partial charge is 0.256 e. The largest absolute Gasteiger partial charge is 0.875 e. The van der Waals surface area contributed by atoms with Gasteiger partial charge in [-0.1, -0.05) is 44.3 Å². The summed E-state index contributed by atoms with van der Waals surface area (Å²) in [7, 11) is 1.61. The minimum Gasteiger partial charge on any atom is -0.875 e. The number of hydrogen-bond donors (Lipinski definition) is 4. The fourth-order valence-corrected chi connectivity index (χ4v) is 6.51. The van der Waals surface area contributed by atoms with E-state index < -0.39 is 35.3 Å². The quantitative estimate of drug-likeness (QED) is 0.360. The van der Waals surface area contributed by atoms with E-state index in [9.17, 15) is 19.8 Å². The van der Waals surface area contributed by atoms with E-state index in [1.165, 1.54) is 11.3 Å². The third kappa shape index (κ3) is 5.34. The minimum atomic E-state index is -1.10. The van der Waals surface area contributed by atoms with Crippen LogP contribution >= 0.6 is 24.4 Å². The molecule has 3 aliphatic rings. The number of likely N-dealkylation sites (tertiary alicyclic amines) is 1. The average Bonchev–Trinajstić information content (AvgIpc) is 2.88. The third-order valence-electron chi connectivity index (χ3n) is 7.82. The van der Waals surface area contributed by atoms with Crippen LogP contribution in [0, 0.1) is 11.8 Å². The zero-order valence-electron chi connectivity index (χ0n) is 22.0. The molecule has 0 spiro atoms. The molecule has 8 nitrogen and oxygen atoms in total. The summed E-state index contributed by atoms with van der Waals surface area (Å²) < 4.78 is 5.65. The number of carbonyl (C=O) groups excluding carboxylic acids is 2. The molecular formula is C28H35N3O5S2. The summed E-state index contributed by atoms with van der Waals surface area (Å²) in [5.41, 5.74) is 1.33. The first-order valence-electron chi connectivity index (χ1n) is 13.3. The van der Waals surface area contributed by atoms with Crippen molar-refractivity contribution in [1.29, 1.82) is 0 Å². The Bertz CT molecular complexity index is 1160. The van der Waals surface area contributed by atoms with E-state index in [-0.39, 0.29) is 26.9 Å². The van der Waals surface area contributed by atoms with Gasteiger partial charge in [0, 0.05) is 23.0 Å². The van der Waals surface area contributed by atoms with Gasteiger partial charge < -0.3 is 30.5 Å². The van der Waals surface area contributed by atoms with E-state index in [2.05, 4.69) is 10.6 Å². The maximum absolute atomic E-state index is 13.7. The van der Waals surface area contributed by atoms with Crippen LogP contribution in [-0.2, 0) is 16.1 Å². The molecule has 3 atom stereocenters. The number of piperidine rings is 1. The molecule has 1 aromatic rings. The van der Waals surface area contributed by atoms with Gasteiger partial charge in [0.05, 0.1) is 41.7 Å². The number of carbonyl (C=O) groups is 2. The van der Waals surface area contributed by atoms with Gasteiger partial charge in [-0.2, -0.15) is 0 Å². The van der Waals surface area contributed by atoms with E-state index in [1.807, 2.05) is 19.9 Å². The molecule has 204 valence electrons. The molecule has 38 heavy (non-hydrogen) atoms. The summed E-state index contributed by atoms with van der Waals surface area (Å²) in [6.07, 6.45) is 4.39. The Hall–Kier alpha value is -2.82. The summed E-state index contributed by atoms with van der Waals surface area (Å²) >= 11 is 10.6. The highest BCUT2D eigenvalue weighted by molar-refractivity contribution is 7.80. The number of rotatable bonds is 8. The fourth-order valence-electron chi connectivity index (χ4n) is 5.77. The van der Waals surface area contributed by atoms with Crippen molar-refractivity contribution in [1.82, 2.24) is 10.6 Å². The number of benzene rings is 1. The van der Waals surface area contributed by atoms with E-state index in [0.29, 0.717) is 30.7 Å². The first-order valence-corrected chi connectivity index (χ1v) is 14.1. The summed E-state index contributed by atoms with van der Waals surface area (Å²) in [4.78, 5) is 28.5. The molecule has 2 amide bonds. The number of amides is 2. The molecule has 0 radical (unpaired) electrons. The lowest BCUT2D eigenvalue weighted by molar-refractivity contribution is -0.918. The van der Waals surface area contributed by atoms with Crippen LogP contribution in [0.2, 0.25) is 0 Å². The summed E-state index contributed by atoms with van der Waals surface area (Å²) in [6.45, 7) is 6.48. The highest BCUT2D eigenvalue weighted by atomic mass is 32.1. The molecule has 0 bridgehead atoms. The number of hydrogen-bond acceptors (Lipinski definition) is 7. The topological polar surface area (TPSA) is 115 Å². The lowest BCUT2D eigenvalue weighted by atomic mass is 9.76. The molecule has 3 heterocycles. The maximum Gasteiger partial charge on any atom is 0.256 e. The molecule has 0 aromatic heterocycles. The SMILES string of the molecule is CCC1C(=S)NC(=O)C(C(C2=C(O)C(CC)C(=S)NC2=O)c2ccc(OC)c(C[NH+]3CCCCC3)c2)=C1[O-]. The Balaban J connectivity index is 1.93. The lowest BCUT2D eigenvalue weighted by Crippen LogP contribution is -3.11. The fraction of sp³-hybridized carbons (Fsp3) is 0.500. The Morgan fingerprint density at radius 1 is 1.03 bits per heavy atom. The van der Waals surface area contributed by atoms with Crippen LogP contribution in [-0.4, -0.2) is 47.1 Å². The molecule has 0 aliphatic carbocycles.